The molecular formula is C13H27NO2. The number of unbranched alkanes of at least 4 members (excludes halogenated alkanes) is 6. The summed E-state index contributed by atoms with van der Waals surface area (Å²) in [4.78, 5) is 11.3. The third-order valence-electron chi connectivity index (χ3n) is 2.45. The first-order valence-corrected chi connectivity index (χ1v) is 6.49. The number of hydrogen-bond donors (Lipinski definition) is 2. The van der Waals surface area contributed by atoms with Crippen LogP contribution < -0.4 is 5.32 Å². The number of rotatable bonds is 9. The highest BCUT2D eigenvalue weighted by molar-refractivity contribution is 5.76. The molecule has 1 amide bonds. The van der Waals surface area contributed by atoms with Gasteiger partial charge in [0, 0.05) is 6.42 Å². The minimum atomic E-state index is -1.09. The first-order chi connectivity index (χ1) is 7.45. The van der Waals surface area contributed by atoms with Gasteiger partial charge in [0.1, 0.15) is 5.72 Å². The van der Waals surface area contributed by atoms with E-state index in [1.165, 1.54) is 32.1 Å². The first kappa shape index (κ1) is 15.4. The molecule has 3 nitrogen and oxygen atoms in total. The van der Waals surface area contributed by atoms with Crippen molar-refractivity contribution in [2.24, 2.45) is 0 Å². The lowest BCUT2D eigenvalue weighted by Gasteiger charge is -2.18. The summed E-state index contributed by atoms with van der Waals surface area (Å²) in [5, 5.41) is 11.9. The monoisotopic (exact) mass is 229 g/mol. The van der Waals surface area contributed by atoms with Crippen molar-refractivity contribution in [3.8, 4) is 0 Å². The third-order valence-corrected chi connectivity index (χ3v) is 2.45. The minimum Gasteiger partial charge on any atom is -0.372 e. The van der Waals surface area contributed by atoms with Crippen LogP contribution >= 0.6 is 0 Å². The predicted molar refractivity (Wildman–Crippen MR) is 67.1 cm³/mol. The average Bonchev–Trinajstić information content (AvgIpc) is 2.13. The Bertz CT molecular complexity index is 185. The van der Waals surface area contributed by atoms with Crippen molar-refractivity contribution in [3.63, 3.8) is 0 Å². The van der Waals surface area contributed by atoms with Crippen LogP contribution in [0, 0.1) is 0 Å². The predicted octanol–water partition coefficient (Wildman–Crippen LogP) is 2.97. The molecule has 0 aromatic carbocycles. The number of amides is 1. The molecule has 0 saturated carbocycles. The summed E-state index contributed by atoms with van der Waals surface area (Å²) in [6, 6.07) is 0. The molecule has 0 unspecified atom stereocenters. The number of hydrogen-bond acceptors (Lipinski definition) is 2. The van der Waals surface area contributed by atoms with Crippen molar-refractivity contribution < 1.29 is 9.90 Å². The maximum Gasteiger partial charge on any atom is 0.222 e. The van der Waals surface area contributed by atoms with Crippen molar-refractivity contribution in [2.75, 3.05) is 0 Å². The van der Waals surface area contributed by atoms with E-state index in [4.69, 9.17) is 0 Å². The number of carbonyl (C=O) groups excluding carboxylic acids is 1. The fourth-order valence-corrected chi connectivity index (χ4v) is 1.65. The van der Waals surface area contributed by atoms with Crippen molar-refractivity contribution >= 4 is 5.91 Å². The highest BCUT2D eigenvalue weighted by atomic mass is 16.3. The molecule has 0 rings (SSSR count). The lowest BCUT2D eigenvalue weighted by atomic mass is 10.1. The zero-order chi connectivity index (χ0) is 12.4. The molecule has 3 heteroatoms. The molecule has 0 fully saturated rings. The van der Waals surface area contributed by atoms with E-state index in [1.807, 2.05) is 0 Å². The van der Waals surface area contributed by atoms with Crippen molar-refractivity contribution in [3.05, 3.63) is 0 Å². The van der Waals surface area contributed by atoms with E-state index in [-0.39, 0.29) is 5.91 Å². The van der Waals surface area contributed by atoms with Crippen LogP contribution in [0.4, 0.5) is 0 Å². The Morgan fingerprint density at radius 1 is 1.06 bits per heavy atom. The van der Waals surface area contributed by atoms with Gasteiger partial charge in [-0.25, -0.2) is 0 Å². The Morgan fingerprint density at radius 2 is 1.56 bits per heavy atom. The second kappa shape index (κ2) is 8.57. The van der Waals surface area contributed by atoms with Gasteiger partial charge in [0.25, 0.3) is 0 Å². The molecule has 0 aliphatic carbocycles. The molecule has 0 aliphatic rings. The van der Waals surface area contributed by atoms with Crippen LogP contribution in [0.15, 0.2) is 0 Å². The lowest BCUT2D eigenvalue weighted by molar-refractivity contribution is -0.127. The van der Waals surface area contributed by atoms with Crippen LogP contribution in [0.5, 0.6) is 0 Å². The van der Waals surface area contributed by atoms with E-state index in [0.717, 1.165) is 12.8 Å². The second-order valence-corrected chi connectivity index (χ2v) is 4.98. The van der Waals surface area contributed by atoms with E-state index < -0.39 is 5.72 Å². The third kappa shape index (κ3) is 11.5. The Balaban J connectivity index is 3.28. The van der Waals surface area contributed by atoms with Gasteiger partial charge in [-0.1, -0.05) is 45.4 Å². The van der Waals surface area contributed by atoms with E-state index >= 15 is 0 Å². The molecule has 0 saturated heterocycles. The van der Waals surface area contributed by atoms with Gasteiger partial charge in [-0.2, -0.15) is 0 Å². The summed E-state index contributed by atoms with van der Waals surface area (Å²) in [5.41, 5.74) is -1.09. The summed E-state index contributed by atoms with van der Waals surface area (Å²) < 4.78 is 0. The number of aliphatic hydroxyl groups is 1. The van der Waals surface area contributed by atoms with Gasteiger partial charge in [0.2, 0.25) is 5.91 Å². The van der Waals surface area contributed by atoms with Crippen molar-refractivity contribution in [1.82, 2.24) is 5.32 Å². The van der Waals surface area contributed by atoms with Gasteiger partial charge in [0.05, 0.1) is 0 Å². The van der Waals surface area contributed by atoms with E-state index in [9.17, 15) is 9.90 Å². The quantitative estimate of drug-likeness (QED) is 0.472. The Morgan fingerprint density at radius 3 is 2.06 bits per heavy atom. The number of nitrogens with one attached hydrogen (secondary N) is 1. The molecule has 0 radical (unpaired) electrons. The van der Waals surface area contributed by atoms with E-state index in [0.29, 0.717) is 6.42 Å². The molecule has 0 aliphatic heterocycles. The normalized spacial score (nSPS) is 11.5. The zero-order valence-corrected chi connectivity index (χ0v) is 11.0. The van der Waals surface area contributed by atoms with Gasteiger partial charge in [-0.05, 0) is 20.3 Å². The van der Waals surface area contributed by atoms with Gasteiger partial charge >= 0.3 is 0 Å². The highest BCUT2D eigenvalue weighted by Gasteiger charge is 2.14. The van der Waals surface area contributed by atoms with Crippen LogP contribution in [0.25, 0.3) is 0 Å². The van der Waals surface area contributed by atoms with E-state index in [2.05, 4.69) is 12.2 Å². The standard InChI is InChI=1S/C13H27NO2/c1-4-5-6-7-8-9-10-11-12(15)14-13(2,3)16/h16H,4-11H2,1-3H3,(H,14,15). The molecule has 0 spiro atoms. The van der Waals surface area contributed by atoms with Gasteiger partial charge in [0.15, 0.2) is 0 Å². The molecule has 0 aromatic rings. The second-order valence-electron chi connectivity index (χ2n) is 4.98. The summed E-state index contributed by atoms with van der Waals surface area (Å²) in [7, 11) is 0. The van der Waals surface area contributed by atoms with Gasteiger partial charge in [-0.3, -0.25) is 4.79 Å². The molecule has 2 N–H and O–H groups in total. The molecule has 0 aromatic heterocycles. The smallest absolute Gasteiger partial charge is 0.222 e. The van der Waals surface area contributed by atoms with Gasteiger partial charge < -0.3 is 10.4 Å². The maximum absolute atomic E-state index is 11.3. The topological polar surface area (TPSA) is 49.3 Å². The van der Waals surface area contributed by atoms with Crippen LogP contribution in [0.3, 0.4) is 0 Å². The Labute approximate surface area is 99.6 Å². The Kier molecular flexibility index (Phi) is 8.26. The van der Waals surface area contributed by atoms with Gasteiger partial charge in [-0.15, -0.1) is 0 Å². The van der Waals surface area contributed by atoms with Crippen LogP contribution in [0.2, 0.25) is 0 Å². The minimum absolute atomic E-state index is 0.0546. The average molecular weight is 229 g/mol. The Hall–Kier alpha value is -0.570. The molecule has 0 atom stereocenters. The molecule has 0 bridgehead atoms. The molecular weight excluding hydrogens is 202 g/mol. The first-order valence-electron chi connectivity index (χ1n) is 6.49. The number of carbonyl (C=O) groups is 1. The SMILES string of the molecule is CCCCCCCCCC(=O)NC(C)(C)O. The molecule has 0 heterocycles. The molecule has 96 valence electrons. The lowest BCUT2D eigenvalue weighted by Crippen LogP contribution is -2.42. The van der Waals surface area contributed by atoms with Crippen LogP contribution in [-0.2, 0) is 4.79 Å². The van der Waals surface area contributed by atoms with E-state index in [1.54, 1.807) is 13.8 Å². The highest BCUT2D eigenvalue weighted by Crippen LogP contribution is 2.08. The van der Waals surface area contributed by atoms with Crippen molar-refractivity contribution in [1.29, 1.82) is 0 Å². The summed E-state index contributed by atoms with van der Waals surface area (Å²) in [6.45, 7) is 5.37. The molecule has 16 heavy (non-hydrogen) atoms. The van der Waals surface area contributed by atoms with Crippen LogP contribution in [0.1, 0.15) is 72.1 Å². The summed E-state index contributed by atoms with van der Waals surface area (Å²) in [6.07, 6.45) is 8.96. The largest absolute Gasteiger partial charge is 0.372 e. The fourth-order valence-electron chi connectivity index (χ4n) is 1.65. The maximum atomic E-state index is 11.3. The zero-order valence-electron chi connectivity index (χ0n) is 11.0. The van der Waals surface area contributed by atoms with Crippen LogP contribution in [-0.4, -0.2) is 16.7 Å². The summed E-state index contributed by atoms with van der Waals surface area (Å²) in [5.74, 6) is -0.0546. The summed E-state index contributed by atoms with van der Waals surface area (Å²) >= 11 is 0. The fraction of sp³-hybridized carbons (Fsp3) is 0.923. The van der Waals surface area contributed by atoms with Crippen molar-refractivity contribution in [2.45, 2.75) is 77.9 Å².